The van der Waals surface area contributed by atoms with Crippen molar-refractivity contribution in [1.29, 1.82) is 0 Å². The minimum absolute atomic E-state index is 0.0408. The first kappa shape index (κ1) is 30.1. The van der Waals surface area contributed by atoms with Crippen molar-refractivity contribution in [3.63, 3.8) is 0 Å². The van der Waals surface area contributed by atoms with Crippen LogP contribution in [0.15, 0.2) is 66.2 Å². The van der Waals surface area contributed by atoms with E-state index in [2.05, 4.69) is 25.1 Å². The second kappa shape index (κ2) is 11.9. The monoisotopic (exact) mass is 629 g/mol. The van der Waals surface area contributed by atoms with Crippen LogP contribution in [0.3, 0.4) is 0 Å². The van der Waals surface area contributed by atoms with Gasteiger partial charge in [-0.3, -0.25) is 4.79 Å². The first-order chi connectivity index (χ1) is 21.5. The van der Waals surface area contributed by atoms with E-state index in [-0.39, 0.29) is 56.4 Å². The first-order valence-electron chi connectivity index (χ1n) is 14.4. The molecule has 3 aromatic heterocycles. The Bertz CT molecular complexity index is 2080. The van der Waals surface area contributed by atoms with E-state index in [1.54, 1.807) is 36.3 Å². The summed E-state index contributed by atoms with van der Waals surface area (Å²) in [5, 5.41) is 3.25. The maximum absolute atomic E-state index is 15.5. The quantitative estimate of drug-likeness (QED) is 0.155. The standard InChI is InChI=1S/C32H29F2N7O3S/c1-19-7-9-23(10-8-19)45(43,44)41-16-25(24-13-22(35-2)14-26(33)30(24)41)31-36-15-27(34)32(39-31)38-21-6-4-5-20(11-21)12-29(42)28-17-40(3)18-37-28/h7-10,13-18,20-21H,4-6,11-12H2,1,3H3,(H,36,38,39)/t20-,21+/m1/s1. The SMILES string of the molecule is [C-]#[N+]c1cc(F)c2c(c1)c(-c1ncc(F)c(N[C@H]3CCC[C@@H](CC(=O)c4cn(C)cn4)C3)n1)cn2S(=O)(=O)c1ccc(C)cc1. The summed E-state index contributed by atoms with van der Waals surface area (Å²) in [6, 6.07) is 8.30. The molecule has 5 aromatic rings. The van der Waals surface area contributed by atoms with E-state index in [9.17, 15) is 13.2 Å². The van der Waals surface area contributed by atoms with Gasteiger partial charge in [0.25, 0.3) is 10.0 Å². The summed E-state index contributed by atoms with van der Waals surface area (Å²) >= 11 is 0. The molecule has 1 N–H and O–H groups in total. The molecular weight excluding hydrogens is 600 g/mol. The minimum atomic E-state index is -4.27. The fraction of sp³-hybridized carbons (Fsp3) is 0.281. The predicted molar refractivity (Wildman–Crippen MR) is 164 cm³/mol. The molecule has 0 unspecified atom stereocenters. The molecule has 0 aliphatic heterocycles. The molecule has 13 heteroatoms. The molecule has 0 spiro atoms. The van der Waals surface area contributed by atoms with Crippen LogP contribution >= 0.6 is 0 Å². The molecule has 0 saturated heterocycles. The molecule has 0 amide bonds. The van der Waals surface area contributed by atoms with Crippen LogP contribution < -0.4 is 5.32 Å². The summed E-state index contributed by atoms with van der Waals surface area (Å²) < 4.78 is 60.4. The summed E-state index contributed by atoms with van der Waals surface area (Å²) in [7, 11) is -2.47. The largest absolute Gasteiger partial charge is 0.365 e. The number of carbonyl (C=O) groups excluding carboxylic acids is 1. The Morgan fingerprint density at radius 3 is 2.60 bits per heavy atom. The number of rotatable bonds is 8. The normalized spacial score (nSPS) is 16.9. The molecule has 10 nitrogen and oxygen atoms in total. The fourth-order valence-electron chi connectivity index (χ4n) is 5.84. The highest BCUT2D eigenvalue weighted by molar-refractivity contribution is 7.90. The molecule has 6 rings (SSSR count). The number of benzene rings is 2. The lowest BCUT2D eigenvalue weighted by molar-refractivity contribution is 0.0944. The molecular formula is C32H29F2N7O3S. The highest BCUT2D eigenvalue weighted by Crippen LogP contribution is 2.37. The number of aryl methyl sites for hydroxylation is 2. The van der Waals surface area contributed by atoms with Gasteiger partial charge in [-0.15, -0.1) is 0 Å². The minimum Gasteiger partial charge on any atom is -0.365 e. The number of hydrogen-bond donors (Lipinski definition) is 1. The number of imidazole rings is 1. The third-order valence-electron chi connectivity index (χ3n) is 8.09. The van der Waals surface area contributed by atoms with Crippen molar-refractivity contribution < 1.29 is 22.0 Å². The number of anilines is 1. The van der Waals surface area contributed by atoms with Crippen molar-refractivity contribution >= 4 is 38.2 Å². The Morgan fingerprint density at radius 2 is 1.89 bits per heavy atom. The average Bonchev–Trinajstić information content (AvgIpc) is 3.63. The number of Topliss-reactive ketones (excluding diaryl/α,β-unsaturated/α-hetero) is 1. The highest BCUT2D eigenvalue weighted by atomic mass is 32.2. The van der Waals surface area contributed by atoms with E-state index >= 15 is 8.78 Å². The van der Waals surface area contributed by atoms with Gasteiger partial charge in [0.2, 0.25) is 0 Å². The van der Waals surface area contributed by atoms with E-state index in [0.29, 0.717) is 18.5 Å². The van der Waals surface area contributed by atoms with E-state index in [1.165, 1.54) is 24.4 Å². The Morgan fingerprint density at radius 1 is 1.11 bits per heavy atom. The zero-order valence-electron chi connectivity index (χ0n) is 24.5. The number of carbonyl (C=O) groups is 1. The lowest BCUT2D eigenvalue weighted by Gasteiger charge is -2.29. The maximum atomic E-state index is 15.5. The van der Waals surface area contributed by atoms with Crippen molar-refractivity contribution in [3.05, 3.63) is 95.6 Å². The third-order valence-corrected chi connectivity index (χ3v) is 9.76. The van der Waals surface area contributed by atoms with Gasteiger partial charge in [0, 0.05) is 42.9 Å². The van der Waals surface area contributed by atoms with E-state index < -0.39 is 21.7 Å². The summed E-state index contributed by atoms with van der Waals surface area (Å²) in [4.78, 5) is 28.7. The zero-order chi connectivity index (χ0) is 31.9. The lowest BCUT2D eigenvalue weighted by Crippen LogP contribution is -2.29. The summed E-state index contributed by atoms with van der Waals surface area (Å²) in [6.07, 6.45) is 8.83. The van der Waals surface area contributed by atoms with Crippen molar-refractivity contribution in [2.24, 2.45) is 13.0 Å². The third kappa shape index (κ3) is 5.93. The summed E-state index contributed by atoms with van der Waals surface area (Å²) in [5.41, 5.74) is 1.08. The van der Waals surface area contributed by atoms with Gasteiger partial charge >= 0.3 is 0 Å². The topological polar surface area (TPSA) is 116 Å². The number of fused-ring (bicyclic) bond motifs is 1. The molecule has 0 bridgehead atoms. The van der Waals surface area contributed by atoms with Crippen molar-refractivity contribution in [2.75, 3.05) is 5.32 Å². The van der Waals surface area contributed by atoms with Crippen LogP contribution in [0.1, 0.15) is 48.2 Å². The Kier molecular flexibility index (Phi) is 7.92. The Labute approximate surface area is 258 Å². The van der Waals surface area contributed by atoms with Gasteiger partial charge < -0.3 is 9.88 Å². The second-order valence-electron chi connectivity index (χ2n) is 11.4. The second-order valence-corrected chi connectivity index (χ2v) is 13.2. The number of nitrogens with zero attached hydrogens (tertiary/aromatic N) is 6. The van der Waals surface area contributed by atoms with Crippen LogP contribution in [-0.4, -0.2) is 43.7 Å². The molecule has 1 aliphatic rings. The van der Waals surface area contributed by atoms with Gasteiger partial charge in [0.1, 0.15) is 11.5 Å². The van der Waals surface area contributed by atoms with Gasteiger partial charge in [-0.25, -0.2) is 41.0 Å². The molecule has 1 aliphatic carbocycles. The van der Waals surface area contributed by atoms with E-state index in [0.717, 1.165) is 41.1 Å². The van der Waals surface area contributed by atoms with Crippen molar-refractivity contribution in [1.82, 2.24) is 23.5 Å². The highest BCUT2D eigenvalue weighted by Gasteiger charge is 2.28. The lowest BCUT2D eigenvalue weighted by atomic mass is 9.82. The molecule has 1 fully saturated rings. The van der Waals surface area contributed by atoms with Crippen molar-refractivity contribution in [3.8, 4) is 11.4 Å². The molecule has 0 radical (unpaired) electrons. The fourth-order valence-corrected chi connectivity index (χ4v) is 7.22. The van der Waals surface area contributed by atoms with Crippen LogP contribution in [0.5, 0.6) is 0 Å². The van der Waals surface area contributed by atoms with Gasteiger partial charge in [0.15, 0.2) is 28.9 Å². The van der Waals surface area contributed by atoms with Crippen LogP contribution in [0.25, 0.3) is 27.1 Å². The van der Waals surface area contributed by atoms with E-state index in [1.807, 2.05) is 6.92 Å². The zero-order valence-corrected chi connectivity index (χ0v) is 25.4. The van der Waals surface area contributed by atoms with Gasteiger partial charge in [-0.2, -0.15) is 0 Å². The molecule has 1 saturated carbocycles. The molecule has 45 heavy (non-hydrogen) atoms. The van der Waals surface area contributed by atoms with Crippen LogP contribution in [0.4, 0.5) is 20.3 Å². The van der Waals surface area contributed by atoms with Crippen LogP contribution in [0.2, 0.25) is 0 Å². The Hall–Kier alpha value is -4.96. The average molecular weight is 630 g/mol. The maximum Gasteiger partial charge on any atom is 0.268 e. The molecule has 2 aromatic carbocycles. The number of aromatic nitrogens is 5. The number of ketones is 1. The summed E-state index contributed by atoms with van der Waals surface area (Å²) in [6.45, 7) is 9.22. The molecule has 3 heterocycles. The first-order valence-corrected chi connectivity index (χ1v) is 15.8. The summed E-state index contributed by atoms with van der Waals surface area (Å²) in [5.74, 6) is -1.72. The Balaban J connectivity index is 1.33. The van der Waals surface area contributed by atoms with E-state index in [4.69, 9.17) is 6.57 Å². The van der Waals surface area contributed by atoms with Gasteiger partial charge in [-0.1, -0.05) is 24.1 Å². The number of halogens is 2. The van der Waals surface area contributed by atoms with Gasteiger partial charge in [-0.05, 0) is 56.4 Å². The molecule has 230 valence electrons. The van der Waals surface area contributed by atoms with Crippen molar-refractivity contribution in [2.45, 2.75) is 50.0 Å². The smallest absolute Gasteiger partial charge is 0.268 e. The predicted octanol–water partition coefficient (Wildman–Crippen LogP) is 6.45. The van der Waals surface area contributed by atoms with Crippen LogP contribution in [0, 0.1) is 31.0 Å². The number of nitrogens with one attached hydrogen (secondary N) is 1. The number of hydrogen-bond acceptors (Lipinski definition) is 7. The molecule has 2 atom stereocenters. The van der Waals surface area contributed by atoms with Crippen LogP contribution in [-0.2, 0) is 17.1 Å². The van der Waals surface area contributed by atoms with Gasteiger partial charge in [0.05, 0.1) is 29.5 Å².